The van der Waals surface area contributed by atoms with Crippen molar-refractivity contribution in [1.29, 1.82) is 0 Å². The summed E-state index contributed by atoms with van der Waals surface area (Å²) in [4.78, 5) is 12.2. The topological polar surface area (TPSA) is 69.0 Å². The lowest BCUT2D eigenvalue weighted by molar-refractivity contribution is -0.126. The summed E-state index contributed by atoms with van der Waals surface area (Å²) in [5, 5.41) is 10.6. The fourth-order valence-corrected chi connectivity index (χ4v) is 2.31. The summed E-state index contributed by atoms with van der Waals surface area (Å²) in [7, 11) is 0. The summed E-state index contributed by atoms with van der Waals surface area (Å²) < 4.78 is 7.19. The van der Waals surface area contributed by atoms with Crippen LogP contribution in [0.4, 0.5) is 5.95 Å². The SMILES string of the molecule is C[C@@H]1CCO[C@@H]1C(=O)Nc1nncn1-c1ccccc1. The predicted molar refractivity (Wildman–Crippen MR) is 73.5 cm³/mol. The minimum atomic E-state index is -0.407. The third-order valence-corrected chi connectivity index (χ3v) is 3.46. The second kappa shape index (κ2) is 5.42. The molecule has 1 fully saturated rings. The third kappa shape index (κ3) is 2.42. The van der Waals surface area contributed by atoms with Crippen LogP contribution in [0.1, 0.15) is 13.3 Å². The highest BCUT2D eigenvalue weighted by molar-refractivity contribution is 5.93. The van der Waals surface area contributed by atoms with Crippen LogP contribution in [-0.2, 0) is 9.53 Å². The van der Waals surface area contributed by atoms with Crippen LogP contribution in [0.2, 0.25) is 0 Å². The van der Waals surface area contributed by atoms with Crippen LogP contribution >= 0.6 is 0 Å². The summed E-state index contributed by atoms with van der Waals surface area (Å²) >= 11 is 0. The second-order valence-corrected chi connectivity index (χ2v) is 4.91. The maximum atomic E-state index is 12.2. The Morgan fingerprint density at radius 3 is 2.90 bits per heavy atom. The molecule has 6 nitrogen and oxygen atoms in total. The summed E-state index contributed by atoms with van der Waals surface area (Å²) in [5.41, 5.74) is 0.896. The Morgan fingerprint density at radius 1 is 1.40 bits per heavy atom. The van der Waals surface area contributed by atoms with Crippen LogP contribution in [0.15, 0.2) is 36.7 Å². The van der Waals surface area contributed by atoms with Crippen LogP contribution < -0.4 is 5.32 Å². The molecule has 104 valence electrons. The number of carbonyl (C=O) groups excluding carboxylic acids is 1. The fourth-order valence-electron chi connectivity index (χ4n) is 2.31. The van der Waals surface area contributed by atoms with Gasteiger partial charge < -0.3 is 4.74 Å². The molecule has 2 aromatic rings. The molecule has 0 spiro atoms. The molecule has 1 aromatic carbocycles. The highest BCUT2D eigenvalue weighted by Crippen LogP contribution is 2.21. The van der Waals surface area contributed by atoms with Gasteiger partial charge in [0, 0.05) is 6.61 Å². The number of nitrogens with zero attached hydrogens (tertiary/aromatic N) is 3. The van der Waals surface area contributed by atoms with Crippen LogP contribution in [0, 0.1) is 5.92 Å². The first kappa shape index (κ1) is 12.8. The number of hydrogen-bond donors (Lipinski definition) is 1. The van der Waals surface area contributed by atoms with E-state index in [1.54, 1.807) is 10.9 Å². The Labute approximate surface area is 116 Å². The molecule has 1 aliphatic heterocycles. The molecule has 6 heteroatoms. The van der Waals surface area contributed by atoms with Gasteiger partial charge in [0.2, 0.25) is 5.95 Å². The average molecular weight is 272 g/mol. The van der Waals surface area contributed by atoms with E-state index in [0.29, 0.717) is 12.6 Å². The maximum Gasteiger partial charge on any atom is 0.256 e. The molecule has 0 radical (unpaired) electrons. The highest BCUT2D eigenvalue weighted by Gasteiger charge is 2.31. The van der Waals surface area contributed by atoms with Gasteiger partial charge in [-0.25, -0.2) is 0 Å². The standard InChI is InChI=1S/C14H16N4O2/c1-10-7-8-20-12(10)13(19)16-14-17-15-9-18(14)11-5-3-2-4-6-11/h2-6,9-10,12H,7-8H2,1H3,(H,16,17,19)/t10-,12+/m1/s1. The number of benzene rings is 1. The average Bonchev–Trinajstić information content (AvgIpc) is 3.08. The number of carbonyl (C=O) groups is 1. The second-order valence-electron chi connectivity index (χ2n) is 4.91. The summed E-state index contributed by atoms with van der Waals surface area (Å²) in [6.45, 7) is 2.64. The smallest absolute Gasteiger partial charge is 0.256 e. The van der Waals surface area contributed by atoms with E-state index in [9.17, 15) is 4.79 Å². The Bertz CT molecular complexity index is 596. The lowest BCUT2D eigenvalue weighted by Crippen LogP contribution is -2.32. The molecule has 20 heavy (non-hydrogen) atoms. The van der Waals surface area contributed by atoms with Gasteiger partial charge in [-0.05, 0) is 24.5 Å². The quantitative estimate of drug-likeness (QED) is 0.922. The minimum absolute atomic E-state index is 0.166. The van der Waals surface area contributed by atoms with Crippen molar-refractivity contribution in [2.24, 2.45) is 5.92 Å². The summed E-state index contributed by atoms with van der Waals surface area (Å²) in [6.07, 6.45) is 2.07. The number of nitrogens with one attached hydrogen (secondary N) is 1. The molecule has 3 rings (SSSR count). The zero-order valence-electron chi connectivity index (χ0n) is 11.2. The Morgan fingerprint density at radius 2 is 2.20 bits per heavy atom. The van der Waals surface area contributed by atoms with Crippen molar-refractivity contribution in [2.75, 3.05) is 11.9 Å². The highest BCUT2D eigenvalue weighted by atomic mass is 16.5. The lowest BCUT2D eigenvalue weighted by atomic mass is 10.0. The number of aromatic nitrogens is 3. The molecule has 0 unspecified atom stereocenters. The van der Waals surface area contributed by atoms with E-state index in [2.05, 4.69) is 15.5 Å². The molecule has 0 aliphatic carbocycles. The largest absolute Gasteiger partial charge is 0.368 e. The first-order valence-corrected chi connectivity index (χ1v) is 6.63. The molecule has 2 heterocycles. The van der Waals surface area contributed by atoms with E-state index >= 15 is 0 Å². The van der Waals surface area contributed by atoms with Gasteiger partial charge in [-0.2, -0.15) is 0 Å². The number of amides is 1. The first-order valence-electron chi connectivity index (χ1n) is 6.63. The van der Waals surface area contributed by atoms with Crippen molar-refractivity contribution in [3.63, 3.8) is 0 Å². The van der Waals surface area contributed by atoms with Crippen molar-refractivity contribution in [1.82, 2.24) is 14.8 Å². The normalized spacial score (nSPS) is 21.9. The molecule has 1 saturated heterocycles. The van der Waals surface area contributed by atoms with Gasteiger partial charge in [-0.15, -0.1) is 10.2 Å². The Hall–Kier alpha value is -2.21. The van der Waals surface area contributed by atoms with E-state index in [-0.39, 0.29) is 11.8 Å². The van der Waals surface area contributed by atoms with Gasteiger partial charge in [0.05, 0.1) is 5.69 Å². The van der Waals surface area contributed by atoms with Crippen molar-refractivity contribution in [2.45, 2.75) is 19.4 Å². The maximum absolute atomic E-state index is 12.2. The number of rotatable bonds is 3. The zero-order valence-corrected chi connectivity index (χ0v) is 11.2. The molecule has 0 bridgehead atoms. The van der Waals surface area contributed by atoms with E-state index in [1.165, 1.54) is 0 Å². The predicted octanol–water partition coefficient (Wildman–Crippen LogP) is 1.63. The number of anilines is 1. The molecule has 1 aromatic heterocycles. The molecular weight excluding hydrogens is 256 g/mol. The van der Waals surface area contributed by atoms with E-state index in [0.717, 1.165) is 12.1 Å². The number of para-hydroxylation sites is 1. The molecule has 0 saturated carbocycles. The van der Waals surface area contributed by atoms with E-state index < -0.39 is 6.10 Å². The van der Waals surface area contributed by atoms with Crippen molar-refractivity contribution in [3.8, 4) is 5.69 Å². The monoisotopic (exact) mass is 272 g/mol. The lowest BCUT2D eigenvalue weighted by Gasteiger charge is -2.14. The summed E-state index contributed by atoms with van der Waals surface area (Å²) in [6, 6.07) is 9.62. The van der Waals surface area contributed by atoms with E-state index in [1.807, 2.05) is 37.3 Å². The van der Waals surface area contributed by atoms with Gasteiger partial charge in [0.1, 0.15) is 12.4 Å². The number of ether oxygens (including phenoxy) is 1. The van der Waals surface area contributed by atoms with Crippen molar-refractivity contribution in [3.05, 3.63) is 36.7 Å². The summed E-state index contributed by atoms with van der Waals surface area (Å²) in [5.74, 6) is 0.465. The van der Waals surface area contributed by atoms with Gasteiger partial charge in [-0.3, -0.25) is 14.7 Å². The van der Waals surface area contributed by atoms with Gasteiger partial charge in [-0.1, -0.05) is 25.1 Å². The molecular formula is C14H16N4O2. The zero-order chi connectivity index (χ0) is 13.9. The van der Waals surface area contributed by atoms with E-state index in [4.69, 9.17) is 4.74 Å². The van der Waals surface area contributed by atoms with Crippen molar-refractivity contribution < 1.29 is 9.53 Å². The van der Waals surface area contributed by atoms with Gasteiger partial charge in [0.25, 0.3) is 5.91 Å². The molecule has 1 aliphatic rings. The molecule has 1 N–H and O–H groups in total. The minimum Gasteiger partial charge on any atom is -0.368 e. The fraction of sp³-hybridized carbons (Fsp3) is 0.357. The van der Waals surface area contributed by atoms with Crippen LogP contribution in [0.3, 0.4) is 0 Å². The Kier molecular flexibility index (Phi) is 3.47. The third-order valence-electron chi connectivity index (χ3n) is 3.46. The van der Waals surface area contributed by atoms with Crippen molar-refractivity contribution >= 4 is 11.9 Å². The van der Waals surface area contributed by atoms with Crippen LogP contribution in [0.5, 0.6) is 0 Å². The van der Waals surface area contributed by atoms with Gasteiger partial charge >= 0.3 is 0 Å². The first-order chi connectivity index (χ1) is 9.75. The Balaban J connectivity index is 1.79. The molecule has 1 amide bonds. The molecule has 2 atom stereocenters. The van der Waals surface area contributed by atoms with Crippen LogP contribution in [-0.4, -0.2) is 33.4 Å². The van der Waals surface area contributed by atoms with Crippen LogP contribution in [0.25, 0.3) is 5.69 Å². The number of hydrogen-bond acceptors (Lipinski definition) is 4. The van der Waals surface area contributed by atoms with Gasteiger partial charge in [0.15, 0.2) is 0 Å².